The average molecular weight is 154 g/mol. The fourth-order valence-corrected chi connectivity index (χ4v) is 0.794. The van der Waals surface area contributed by atoms with E-state index in [4.69, 9.17) is 5.73 Å². The van der Waals surface area contributed by atoms with E-state index in [1.165, 1.54) is 0 Å². The quantitative estimate of drug-likeness (QED) is 0.566. The highest BCUT2D eigenvalue weighted by Gasteiger charge is 2.06. The van der Waals surface area contributed by atoms with Gasteiger partial charge in [-0.1, -0.05) is 0 Å². The number of primary amides is 1. The first-order valence-electron chi connectivity index (χ1n) is 3.25. The first-order valence-corrected chi connectivity index (χ1v) is 3.25. The zero-order valence-electron chi connectivity index (χ0n) is 6.16. The third kappa shape index (κ3) is 1.96. The zero-order chi connectivity index (χ0) is 8.27. The molecule has 0 aliphatic rings. The molecule has 0 aliphatic heterocycles. The van der Waals surface area contributed by atoms with Gasteiger partial charge < -0.3 is 11.1 Å². The molecule has 1 aromatic rings. The van der Waals surface area contributed by atoms with Crippen LogP contribution in [0.1, 0.15) is 18.5 Å². The standard InChI is InChI=1S/C6H10N4O/c1-4(10-6(7)11)5-2-8-9-3-5/h2-4H,1H3,(H,8,9)(H3,7,10,11). The molecule has 2 amide bonds. The van der Waals surface area contributed by atoms with Gasteiger partial charge >= 0.3 is 6.03 Å². The van der Waals surface area contributed by atoms with Crippen molar-refractivity contribution >= 4 is 6.03 Å². The molecule has 4 N–H and O–H groups in total. The summed E-state index contributed by atoms with van der Waals surface area (Å²) in [4.78, 5) is 10.4. The molecule has 60 valence electrons. The summed E-state index contributed by atoms with van der Waals surface area (Å²) in [7, 11) is 0. The van der Waals surface area contributed by atoms with Crippen LogP contribution in [-0.4, -0.2) is 16.2 Å². The van der Waals surface area contributed by atoms with Crippen molar-refractivity contribution in [2.24, 2.45) is 5.73 Å². The summed E-state index contributed by atoms with van der Waals surface area (Å²) in [6, 6.07) is -0.620. The lowest BCUT2D eigenvalue weighted by molar-refractivity contribution is 0.246. The van der Waals surface area contributed by atoms with E-state index in [9.17, 15) is 4.79 Å². The van der Waals surface area contributed by atoms with Gasteiger partial charge in [0.1, 0.15) is 0 Å². The maximum absolute atomic E-state index is 10.4. The summed E-state index contributed by atoms with van der Waals surface area (Å²) < 4.78 is 0. The molecule has 5 heteroatoms. The number of urea groups is 1. The highest BCUT2D eigenvalue weighted by Crippen LogP contribution is 2.07. The SMILES string of the molecule is CC(NC(N)=O)c1cn[nH]c1. The minimum atomic E-state index is -0.529. The average Bonchev–Trinajstić information content (AvgIpc) is 2.35. The van der Waals surface area contributed by atoms with Gasteiger partial charge in [0.05, 0.1) is 12.2 Å². The highest BCUT2D eigenvalue weighted by atomic mass is 16.2. The van der Waals surface area contributed by atoms with Gasteiger partial charge in [-0.2, -0.15) is 5.10 Å². The summed E-state index contributed by atoms with van der Waals surface area (Å²) in [5.74, 6) is 0. The van der Waals surface area contributed by atoms with E-state index in [-0.39, 0.29) is 6.04 Å². The van der Waals surface area contributed by atoms with Crippen molar-refractivity contribution < 1.29 is 4.79 Å². The number of aromatic amines is 1. The minimum Gasteiger partial charge on any atom is -0.352 e. The number of carbonyl (C=O) groups is 1. The minimum absolute atomic E-state index is 0.0914. The van der Waals surface area contributed by atoms with Crippen LogP contribution in [0.5, 0.6) is 0 Å². The Morgan fingerprint density at radius 2 is 2.64 bits per heavy atom. The predicted molar refractivity (Wildman–Crippen MR) is 39.7 cm³/mol. The lowest BCUT2D eigenvalue weighted by atomic mass is 10.2. The molecule has 5 nitrogen and oxygen atoms in total. The molecule has 0 saturated heterocycles. The van der Waals surface area contributed by atoms with Gasteiger partial charge in [0.25, 0.3) is 0 Å². The second kappa shape index (κ2) is 3.05. The lowest BCUT2D eigenvalue weighted by Crippen LogP contribution is -2.31. The topological polar surface area (TPSA) is 83.8 Å². The smallest absolute Gasteiger partial charge is 0.312 e. The number of hydrogen-bond acceptors (Lipinski definition) is 2. The monoisotopic (exact) mass is 154 g/mol. The molecule has 0 saturated carbocycles. The van der Waals surface area contributed by atoms with E-state index in [1.807, 2.05) is 6.92 Å². The first kappa shape index (κ1) is 7.59. The van der Waals surface area contributed by atoms with Crippen LogP contribution in [0.25, 0.3) is 0 Å². The summed E-state index contributed by atoms with van der Waals surface area (Å²) >= 11 is 0. The number of nitrogens with one attached hydrogen (secondary N) is 2. The molecule has 1 atom stereocenters. The Morgan fingerprint density at radius 3 is 3.09 bits per heavy atom. The van der Waals surface area contributed by atoms with E-state index in [1.54, 1.807) is 12.4 Å². The number of nitrogens with two attached hydrogens (primary N) is 1. The van der Waals surface area contributed by atoms with Crippen molar-refractivity contribution in [3.63, 3.8) is 0 Å². The van der Waals surface area contributed by atoms with Crippen LogP contribution < -0.4 is 11.1 Å². The Kier molecular flexibility index (Phi) is 2.10. The van der Waals surface area contributed by atoms with Crippen LogP contribution >= 0.6 is 0 Å². The number of hydrogen-bond donors (Lipinski definition) is 3. The number of rotatable bonds is 2. The Morgan fingerprint density at radius 1 is 1.91 bits per heavy atom. The summed E-state index contributed by atoms with van der Waals surface area (Å²) in [6.07, 6.45) is 3.35. The van der Waals surface area contributed by atoms with E-state index >= 15 is 0 Å². The molecule has 1 aromatic heterocycles. The van der Waals surface area contributed by atoms with Crippen molar-refractivity contribution in [3.05, 3.63) is 18.0 Å². The molecular formula is C6H10N4O. The molecule has 1 unspecified atom stereocenters. The van der Waals surface area contributed by atoms with Gasteiger partial charge in [-0.3, -0.25) is 5.10 Å². The van der Waals surface area contributed by atoms with E-state index in [0.29, 0.717) is 0 Å². The Labute approximate surface area is 64.0 Å². The van der Waals surface area contributed by atoms with Crippen molar-refractivity contribution in [1.82, 2.24) is 15.5 Å². The van der Waals surface area contributed by atoms with Crippen molar-refractivity contribution in [2.75, 3.05) is 0 Å². The Hall–Kier alpha value is -1.52. The van der Waals surface area contributed by atoms with Gasteiger partial charge in [-0.15, -0.1) is 0 Å². The first-order chi connectivity index (χ1) is 5.20. The summed E-state index contributed by atoms with van der Waals surface area (Å²) in [5.41, 5.74) is 5.83. The Balaban J connectivity index is 2.56. The normalized spacial score (nSPS) is 12.5. The van der Waals surface area contributed by atoms with Crippen LogP contribution in [0.15, 0.2) is 12.4 Å². The Bertz CT molecular complexity index is 231. The zero-order valence-corrected chi connectivity index (χ0v) is 6.16. The van der Waals surface area contributed by atoms with Gasteiger partial charge in [-0.05, 0) is 6.92 Å². The van der Waals surface area contributed by atoms with E-state index in [2.05, 4.69) is 15.5 Å². The molecule has 11 heavy (non-hydrogen) atoms. The molecular weight excluding hydrogens is 144 g/mol. The summed E-state index contributed by atoms with van der Waals surface area (Å²) in [5, 5.41) is 8.90. The largest absolute Gasteiger partial charge is 0.352 e. The highest BCUT2D eigenvalue weighted by molar-refractivity contribution is 5.72. The third-order valence-corrected chi connectivity index (χ3v) is 1.38. The van der Waals surface area contributed by atoms with Gasteiger partial charge in [0.2, 0.25) is 0 Å². The van der Waals surface area contributed by atoms with Crippen molar-refractivity contribution in [2.45, 2.75) is 13.0 Å². The molecule has 0 aromatic carbocycles. The fraction of sp³-hybridized carbons (Fsp3) is 0.333. The van der Waals surface area contributed by atoms with Crippen LogP contribution in [0, 0.1) is 0 Å². The van der Waals surface area contributed by atoms with Gasteiger partial charge in [0.15, 0.2) is 0 Å². The molecule has 0 spiro atoms. The van der Waals surface area contributed by atoms with E-state index < -0.39 is 6.03 Å². The number of amides is 2. The number of H-pyrrole nitrogens is 1. The maximum Gasteiger partial charge on any atom is 0.312 e. The maximum atomic E-state index is 10.4. The lowest BCUT2D eigenvalue weighted by Gasteiger charge is -2.08. The molecule has 1 heterocycles. The second-order valence-corrected chi connectivity index (χ2v) is 2.26. The van der Waals surface area contributed by atoms with Gasteiger partial charge in [0, 0.05) is 11.8 Å². The van der Waals surface area contributed by atoms with Crippen molar-refractivity contribution in [1.29, 1.82) is 0 Å². The number of nitrogens with zero attached hydrogens (tertiary/aromatic N) is 1. The van der Waals surface area contributed by atoms with Crippen LogP contribution in [0.4, 0.5) is 4.79 Å². The van der Waals surface area contributed by atoms with Crippen LogP contribution in [0.2, 0.25) is 0 Å². The molecule has 0 aliphatic carbocycles. The molecule has 0 fully saturated rings. The number of aromatic nitrogens is 2. The number of carbonyl (C=O) groups excluding carboxylic acids is 1. The van der Waals surface area contributed by atoms with Gasteiger partial charge in [-0.25, -0.2) is 4.79 Å². The molecule has 1 rings (SSSR count). The molecule has 0 bridgehead atoms. The van der Waals surface area contributed by atoms with Crippen molar-refractivity contribution in [3.8, 4) is 0 Å². The third-order valence-electron chi connectivity index (χ3n) is 1.38. The fourth-order valence-electron chi connectivity index (χ4n) is 0.794. The van der Waals surface area contributed by atoms with Crippen LogP contribution in [0.3, 0.4) is 0 Å². The second-order valence-electron chi connectivity index (χ2n) is 2.26. The van der Waals surface area contributed by atoms with E-state index in [0.717, 1.165) is 5.56 Å². The summed E-state index contributed by atoms with van der Waals surface area (Å²) in [6.45, 7) is 1.83. The predicted octanol–water partition coefficient (Wildman–Crippen LogP) is 0.139. The van der Waals surface area contributed by atoms with Crippen LogP contribution in [-0.2, 0) is 0 Å². The molecule has 0 radical (unpaired) electrons.